The van der Waals surface area contributed by atoms with Gasteiger partial charge in [0.1, 0.15) is 34.2 Å². The molecule has 0 saturated carbocycles. The Morgan fingerprint density at radius 2 is 1.90 bits per heavy atom. The number of nitrogens with zero attached hydrogens (tertiary/aromatic N) is 4. The monoisotopic (exact) mass is 313 g/mol. The number of amides is 1. The van der Waals surface area contributed by atoms with E-state index in [1.165, 1.54) is 6.07 Å². The van der Waals surface area contributed by atoms with Crippen LogP contribution in [0.1, 0.15) is 10.4 Å². The van der Waals surface area contributed by atoms with Crippen LogP contribution < -0.4 is 5.32 Å². The first-order chi connectivity index (χ1) is 9.47. The molecule has 0 spiro atoms. The van der Waals surface area contributed by atoms with E-state index in [0.29, 0.717) is 0 Å². The molecule has 1 N–H and O–H groups in total. The number of carbonyl (C=O) groups excluding carboxylic acids is 1. The normalized spacial score (nSPS) is 10.1. The minimum Gasteiger partial charge on any atom is -0.306 e. The number of rotatable bonds is 3. The van der Waals surface area contributed by atoms with Crippen LogP contribution in [0.15, 0.2) is 24.7 Å². The lowest BCUT2D eigenvalue weighted by atomic mass is 10.2. The summed E-state index contributed by atoms with van der Waals surface area (Å²) in [6, 6.07) is 2.39. The molecule has 2 heterocycles. The van der Waals surface area contributed by atoms with Gasteiger partial charge in [-0.15, -0.1) is 0 Å². The molecule has 0 unspecified atom stereocenters. The molecular formula is C10H5Cl2N5O3. The molecule has 20 heavy (non-hydrogen) atoms. The fraction of sp³-hybridized carbons (Fsp3) is 0. The fourth-order valence-electron chi connectivity index (χ4n) is 1.34. The molecule has 1 amide bonds. The topological polar surface area (TPSA) is 111 Å². The van der Waals surface area contributed by atoms with E-state index < -0.39 is 16.5 Å². The Labute approximate surface area is 121 Å². The lowest BCUT2D eigenvalue weighted by molar-refractivity contribution is -0.385. The van der Waals surface area contributed by atoms with E-state index in [4.69, 9.17) is 23.2 Å². The first-order valence-electron chi connectivity index (χ1n) is 5.06. The fourth-order valence-corrected chi connectivity index (χ4v) is 1.64. The van der Waals surface area contributed by atoms with Crippen molar-refractivity contribution in [3.8, 4) is 0 Å². The molecule has 10 heteroatoms. The highest BCUT2D eigenvalue weighted by atomic mass is 35.5. The van der Waals surface area contributed by atoms with E-state index >= 15 is 0 Å². The minimum atomic E-state index is -0.754. The van der Waals surface area contributed by atoms with Crippen LogP contribution in [0.5, 0.6) is 0 Å². The number of pyridine rings is 1. The number of nitro groups is 1. The van der Waals surface area contributed by atoms with Crippen molar-refractivity contribution in [2.24, 2.45) is 0 Å². The molecule has 0 fully saturated rings. The van der Waals surface area contributed by atoms with Gasteiger partial charge in [-0.05, 0) is 6.07 Å². The van der Waals surface area contributed by atoms with Gasteiger partial charge in [-0.1, -0.05) is 23.2 Å². The van der Waals surface area contributed by atoms with Gasteiger partial charge in [0, 0.05) is 6.07 Å². The molecule has 0 aliphatic heterocycles. The maximum absolute atomic E-state index is 12.0. The molecule has 0 aliphatic rings. The number of carbonyl (C=O) groups is 1. The molecule has 0 aromatic carbocycles. The van der Waals surface area contributed by atoms with Crippen LogP contribution in [-0.4, -0.2) is 25.8 Å². The van der Waals surface area contributed by atoms with Crippen LogP contribution in [0.25, 0.3) is 0 Å². The van der Waals surface area contributed by atoms with Crippen molar-refractivity contribution in [1.29, 1.82) is 0 Å². The predicted molar refractivity (Wildman–Crippen MR) is 70.9 cm³/mol. The van der Waals surface area contributed by atoms with E-state index in [9.17, 15) is 14.9 Å². The van der Waals surface area contributed by atoms with Crippen molar-refractivity contribution in [3.63, 3.8) is 0 Å². The largest absolute Gasteiger partial charge is 0.306 e. The molecule has 0 saturated heterocycles. The van der Waals surface area contributed by atoms with E-state index in [0.717, 1.165) is 18.6 Å². The van der Waals surface area contributed by atoms with Crippen molar-refractivity contribution in [2.45, 2.75) is 0 Å². The minimum absolute atomic E-state index is 0.0403. The van der Waals surface area contributed by atoms with Gasteiger partial charge in [0.25, 0.3) is 11.6 Å². The smallest absolute Gasteiger partial charge is 0.300 e. The number of anilines is 1. The van der Waals surface area contributed by atoms with Crippen LogP contribution in [0.3, 0.4) is 0 Å². The maximum atomic E-state index is 12.0. The van der Waals surface area contributed by atoms with Gasteiger partial charge in [0.05, 0.1) is 4.92 Å². The zero-order chi connectivity index (χ0) is 14.7. The summed E-state index contributed by atoms with van der Waals surface area (Å²) in [5.74, 6) is -0.645. The summed E-state index contributed by atoms with van der Waals surface area (Å²) >= 11 is 11.3. The van der Waals surface area contributed by atoms with Gasteiger partial charge >= 0.3 is 0 Å². The molecular weight excluding hydrogens is 309 g/mol. The van der Waals surface area contributed by atoms with Crippen molar-refractivity contribution >= 4 is 40.6 Å². The second kappa shape index (κ2) is 5.76. The van der Waals surface area contributed by atoms with Crippen molar-refractivity contribution < 1.29 is 9.72 Å². The van der Waals surface area contributed by atoms with Crippen molar-refractivity contribution in [2.75, 3.05) is 5.32 Å². The van der Waals surface area contributed by atoms with E-state index in [1.54, 1.807) is 0 Å². The summed E-state index contributed by atoms with van der Waals surface area (Å²) in [5.41, 5.74) is -0.697. The molecule has 8 nitrogen and oxygen atoms in total. The summed E-state index contributed by atoms with van der Waals surface area (Å²) in [4.78, 5) is 33.1. The summed E-state index contributed by atoms with van der Waals surface area (Å²) in [6.07, 6.45) is 2.05. The highest BCUT2D eigenvalue weighted by Gasteiger charge is 2.21. The van der Waals surface area contributed by atoms with E-state index in [1.807, 2.05) is 0 Å². The van der Waals surface area contributed by atoms with Gasteiger partial charge in [-0.25, -0.2) is 15.0 Å². The first kappa shape index (κ1) is 14.1. The zero-order valence-electron chi connectivity index (χ0n) is 9.58. The molecule has 0 aliphatic carbocycles. The average molecular weight is 314 g/mol. The lowest BCUT2D eigenvalue weighted by Gasteiger charge is -2.05. The SMILES string of the molecule is O=C(Nc1cc(Cl)ncn1)c1cc(Cl)ncc1[N+](=O)[O-]. The quantitative estimate of drug-likeness (QED) is 0.403. The average Bonchev–Trinajstić information content (AvgIpc) is 2.38. The lowest BCUT2D eigenvalue weighted by Crippen LogP contribution is -2.15. The van der Waals surface area contributed by atoms with Gasteiger partial charge in [-0.3, -0.25) is 14.9 Å². The highest BCUT2D eigenvalue weighted by molar-refractivity contribution is 6.30. The Hall–Kier alpha value is -2.32. The summed E-state index contributed by atoms with van der Waals surface area (Å²) in [7, 11) is 0. The van der Waals surface area contributed by atoms with Crippen molar-refractivity contribution in [3.05, 3.63) is 50.6 Å². The molecule has 2 aromatic heterocycles. The number of aromatic nitrogens is 3. The van der Waals surface area contributed by atoms with Crippen LogP contribution in [0, 0.1) is 10.1 Å². The Morgan fingerprint density at radius 1 is 1.20 bits per heavy atom. The number of hydrogen-bond acceptors (Lipinski definition) is 6. The molecule has 2 aromatic rings. The van der Waals surface area contributed by atoms with Gasteiger partial charge < -0.3 is 5.32 Å². The van der Waals surface area contributed by atoms with Gasteiger partial charge in [-0.2, -0.15) is 0 Å². The van der Waals surface area contributed by atoms with Crippen LogP contribution in [0.4, 0.5) is 11.5 Å². The Morgan fingerprint density at radius 3 is 2.55 bits per heavy atom. The molecule has 0 radical (unpaired) electrons. The standard InChI is InChI=1S/C10H5Cl2N5O3/c11-7-1-5(6(3-13-7)17(19)20)10(18)16-9-2-8(12)14-4-15-9/h1-4H,(H,14,15,16,18). The van der Waals surface area contributed by atoms with Gasteiger partial charge in [0.2, 0.25) is 0 Å². The number of halogens is 2. The second-order valence-corrected chi connectivity index (χ2v) is 4.24. The van der Waals surface area contributed by atoms with E-state index in [2.05, 4.69) is 20.3 Å². The van der Waals surface area contributed by atoms with Crippen molar-refractivity contribution in [1.82, 2.24) is 15.0 Å². The highest BCUT2D eigenvalue weighted by Crippen LogP contribution is 2.21. The number of nitrogens with one attached hydrogen (secondary N) is 1. The van der Waals surface area contributed by atoms with E-state index in [-0.39, 0.29) is 21.7 Å². The Balaban J connectivity index is 2.34. The first-order valence-corrected chi connectivity index (χ1v) is 5.82. The second-order valence-electron chi connectivity index (χ2n) is 3.46. The molecule has 0 bridgehead atoms. The predicted octanol–water partition coefficient (Wildman–Crippen LogP) is 2.34. The zero-order valence-corrected chi connectivity index (χ0v) is 11.1. The molecule has 0 atom stereocenters. The van der Waals surface area contributed by atoms with Crippen LogP contribution >= 0.6 is 23.2 Å². The molecule has 102 valence electrons. The maximum Gasteiger partial charge on any atom is 0.300 e. The Bertz CT molecular complexity index is 694. The molecule has 2 rings (SSSR count). The number of hydrogen-bond donors (Lipinski definition) is 1. The summed E-state index contributed by atoms with van der Waals surface area (Å²) in [5, 5.41) is 13.3. The third-order valence-electron chi connectivity index (χ3n) is 2.17. The summed E-state index contributed by atoms with van der Waals surface area (Å²) in [6.45, 7) is 0. The van der Waals surface area contributed by atoms with Crippen LogP contribution in [0.2, 0.25) is 10.3 Å². The Kier molecular flexibility index (Phi) is 4.06. The third kappa shape index (κ3) is 3.16. The van der Waals surface area contributed by atoms with Gasteiger partial charge in [0.15, 0.2) is 0 Å². The van der Waals surface area contributed by atoms with Crippen LogP contribution in [-0.2, 0) is 0 Å². The third-order valence-corrected chi connectivity index (χ3v) is 2.58. The summed E-state index contributed by atoms with van der Waals surface area (Å²) < 4.78 is 0.